The Morgan fingerprint density at radius 3 is 2.89 bits per heavy atom. The fraction of sp³-hybridized carbons (Fsp3) is 0.429. The van der Waals surface area contributed by atoms with Gasteiger partial charge in [-0.05, 0) is 37.1 Å². The van der Waals surface area contributed by atoms with Crippen molar-refractivity contribution in [3.8, 4) is 0 Å². The molecule has 1 aliphatic heterocycles. The minimum Gasteiger partial charge on any atom is -0.393 e. The molecule has 4 nitrogen and oxygen atoms in total. The second-order valence-corrected chi connectivity index (χ2v) is 5.41. The van der Waals surface area contributed by atoms with Crippen molar-refractivity contribution in [2.75, 3.05) is 18.0 Å². The van der Waals surface area contributed by atoms with Crippen LogP contribution in [0.4, 0.5) is 5.82 Å². The first kappa shape index (κ1) is 12.6. The molecule has 0 spiro atoms. The number of benzene rings is 1. The molecule has 0 radical (unpaired) electrons. The van der Waals surface area contributed by atoms with Crippen molar-refractivity contribution in [1.82, 2.24) is 9.97 Å². The third kappa shape index (κ3) is 2.38. The van der Waals surface area contributed by atoms with Crippen LogP contribution in [-0.4, -0.2) is 34.3 Å². The van der Waals surface area contributed by atoms with E-state index in [1.807, 2.05) is 31.2 Å². The average Bonchev–Trinajstić information content (AvgIpc) is 2.87. The molecular formula is C14H16ClN3O. The fourth-order valence-electron chi connectivity index (χ4n) is 2.65. The van der Waals surface area contributed by atoms with Gasteiger partial charge < -0.3 is 10.0 Å². The van der Waals surface area contributed by atoms with Crippen LogP contribution in [0.15, 0.2) is 24.3 Å². The van der Waals surface area contributed by atoms with Gasteiger partial charge >= 0.3 is 0 Å². The summed E-state index contributed by atoms with van der Waals surface area (Å²) in [6, 6.07) is 7.87. The van der Waals surface area contributed by atoms with Gasteiger partial charge in [-0.3, -0.25) is 0 Å². The van der Waals surface area contributed by atoms with Crippen molar-refractivity contribution in [1.29, 1.82) is 0 Å². The fourth-order valence-corrected chi connectivity index (χ4v) is 2.82. The number of para-hydroxylation sites is 1. The number of aromatic nitrogens is 2. The maximum atomic E-state index is 9.70. The molecule has 0 bridgehead atoms. The summed E-state index contributed by atoms with van der Waals surface area (Å²) in [7, 11) is 0. The van der Waals surface area contributed by atoms with Gasteiger partial charge in [-0.2, -0.15) is 4.98 Å². The van der Waals surface area contributed by atoms with Crippen LogP contribution in [0.2, 0.25) is 5.28 Å². The molecule has 2 heterocycles. The smallest absolute Gasteiger partial charge is 0.224 e. The van der Waals surface area contributed by atoms with Crippen LogP contribution >= 0.6 is 11.6 Å². The number of hydrogen-bond acceptors (Lipinski definition) is 4. The molecule has 1 aromatic heterocycles. The highest BCUT2D eigenvalue weighted by Crippen LogP contribution is 2.30. The number of aliphatic hydroxyl groups excluding tert-OH is 1. The Kier molecular flexibility index (Phi) is 3.29. The molecule has 2 atom stereocenters. The molecule has 19 heavy (non-hydrogen) atoms. The Bertz CT molecular complexity index is 602. The van der Waals surface area contributed by atoms with Gasteiger partial charge in [0.15, 0.2) is 0 Å². The largest absolute Gasteiger partial charge is 0.393 e. The van der Waals surface area contributed by atoms with Crippen molar-refractivity contribution in [3.05, 3.63) is 29.5 Å². The normalized spacial score (nSPS) is 21.0. The zero-order valence-electron chi connectivity index (χ0n) is 10.8. The highest BCUT2D eigenvalue weighted by molar-refractivity contribution is 6.28. The van der Waals surface area contributed by atoms with Gasteiger partial charge in [-0.25, -0.2) is 4.98 Å². The number of nitrogens with zero attached hydrogens (tertiary/aromatic N) is 3. The number of hydrogen-bond donors (Lipinski definition) is 1. The second kappa shape index (κ2) is 4.94. The van der Waals surface area contributed by atoms with E-state index in [4.69, 9.17) is 11.6 Å². The predicted molar refractivity (Wildman–Crippen MR) is 76.5 cm³/mol. The zero-order chi connectivity index (χ0) is 13.4. The van der Waals surface area contributed by atoms with Crippen molar-refractivity contribution in [2.45, 2.75) is 19.4 Å². The van der Waals surface area contributed by atoms with E-state index in [9.17, 15) is 5.11 Å². The number of rotatable bonds is 2. The van der Waals surface area contributed by atoms with Crippen LogP contribution in [0.25, 0.3) is 10.9 Å². The third-order valence-corrected chi connectivity index (χ3v) is 3.93. The van der Waals surface area contributed by atoms with Gasteiger partial charge in [0.1, 0.15) is 5.82 Å². The Labute approximate surface area is 117 Å². The summed E-state index contributed by atoms with van der Waals surface area (Å²) in [4.78, 5) is 10.8. The number of aliphatic hydroxyl groups is 1. The van der Waals surface area contributed by atoms with Gasteiger partial charge in [0.25, 0.3) is 0 Å². The van der Waals surface area contributed by atoms with Gasteiger partial charge in [0, 0.05) is 24.4 Å². The lowest BCUT2D eigenvalue weighted by atomic mass is 10.0. The van der Waals surface area contributed by atoms with Crippen LogP contribution in [-0.2, 0) is 0 Å². The first-order valence-corrected chi connectivity index (χ1v) is 6.88. The molecule has 1 saturated heterocycles. The first-order valence-electron chi connectivity index (χ1n) is 6.50. The lowest BCUT2D eigenvalue weighted by molar-refractivity contribution is 0.136. The molecule has 1 fully saturated rings. The van der Waals surface area contributed by atoms with Crippen molar-refractivity contribution < 1.29 is 5.11 Å². The molecule has 1 aliphatic rings. The van der Waals surface area contributed by atoms with E-state index in [1.54, 1.807) is 0 Å². The lowest BCUT2D eigenvalue weighted by Gasteiger charge is -2.20. The molecule has 2 aromatic rings. The van der Waals surface area contributed by atoms with Crippen LogP contribution < -0.4 is 4.90 Å². The molecule has 100 valence electrons. The standard InChI is InChI=1S/C14H16ClN3O/c1-9(19)10-6-7-18(8-10)13-11-4-2-3-5-12(11)16-14(15)17-13/h2-5,9-10,19H,6-8H2,1H3. The molecule has 2 unspecified atom stereocenters. The van der Waals surface area contributed by atoms with Crippen molar-refractivity contribution in [2.24, 2.45) is 5.92 Å². The molecule has 1 N–H and O–H groups in total. The molecular weight excluding hydrogens is 262 g/mol. The maximum Gasteiger partial charge on any atom is 0.224 e. The van der Waals surface area contributed by atoms with E-state index < -0.39 is 0 Å². The molecule has 0 aliphatic carbocycles. The first-order chi connectivity index (χ1) is 9.15. The minimum absolute atomic E-state index is 0.272. The topological polar surface area (TPSA) is 49.2 Å². The Morgan fingerprint density at radius 1 is 1.37 bits per heavy atom. The van der Waals surface area contributed by atoms with E-state index >= 15 is 0 Å². The molecule has 3 rings (SSSR count). The van der Waals surface area contributed by atoms with E-state index in [2.05, 4.69) is 14.9 Å². The molecule has 0 saturated carbocycles. The van der Waals surface area contributed by atoms with Crippen LogP contribution in [0.1, 0.15) is 13.3 Å². The molecule has 1 aromatic carbocycles. The zero-order valence-corrected chi connectivity index (χ0v) is 11.5. The summed E-state index contributed by atoms with van der Waals surface area (Å²) < 4.78 is 0. The van der Waals surface area contributed by atoms with Crippen LogP contribution in [0.5, 0.6) is 0 Å². The van der Waals surface area contributed by atoms with Crippen LogP contribution in [0, 0.1) is 5.92 Å². The third-order valence-electron chi connectivity index (χ3n) is 3.76. The molecule has 5 heteroatoms. The Hall–Kier alpha value is -1.39. The van der Waals surface area contributed by atoms with Gasteiger partial charge in [-0.1, -0.05) is 12.1 Å². The summed E-state index contributed by atoms with van der Waals surface area (Å²) in [5.74, 6) is 1.17. The second-order valence-electron chi connectivity index (χ2n) is 5.07. The van der Waals surface area contributed by atoms with Crippen LogP contribution in [0.3, 0.4) is 0 Å². The minimum atomic E-state index is -0.284. The van der Waals surface area contributed by atoms with Crippen molar-refractivity contribution >= 4 is 28.3 Å². The molecule has 0 amide bonds. The summed E-state index contributed by atoms with van der Waals surface area (Å²) >= 11 is 6.00. The summed E-state index contributed by atoms with van der Waals surface area (Å²) in [5, 5.41) is 11.0. The highest BCUT2D eigenvalue weighted by atomic mass is 35.5. The summed E-state index contributed by atoms with van der Waals surface area (Å²) in [6.07, 6.45) is 0.696. The van der Waals surface area contributed by atoms with Crippen molar-refractivity contribution in [3.63, 3.8) is 0 Å². The average molecular weight is 278 g/mol. The summed E-state index contributed by atoms with van der Waals surface area (Å²) in [6.45, 7) is 3.56. The quantitative estimate of drug-likeness (QED) is 0.857. The number of halogens is 1. The van der Waals surface area contributed by atoms with E-state index in [0.29, 0.717) is 5.92 Å². The summed E-state index contributed by atoms with van der Waals surface area (Å²) in [5.41, 5.74) is 0.859. The predicted octanol–water partition coefficient (Wildman–Crippen LogP) is 2.49. The maximum absolute atomic E-state index is 9.70. The van der Waals surface area contributed by atoms with E-state index in [1.165, 1.54) is 0 Å². The monoisotopic (exact) mass is 277 g/mol. The van der Waals surface area contributed by atoms with Gasteiger partial charge in [0.2, 0.25) is 5.28 Å². The Balaban J connectivity index is 2.01. The van der Waals surface area contributed by atoms with Gasteiger partial charge in [0.05, 0.1) is 11.6 Å². The van der Waals surface area contributed by atoms with E-state index in [0.717, 1.165) is 36.2 Å². The number of anilines is 1. The SMILES string of the molecule is CC(O)C1CCN(c2nc(Cl)nc3ccccc23)C1. The highest BCUT2D eigenvalue weighted by Gasteiger charge is 2.28. The lowest BCUT2D eigenvalue weighted by Crippen LogP contribution is -2.25. The van der Waals surface area contributed by atoms with Gasteiger partial charge in [-0.15, -0.1) is 0 Å². The Morgan fingerprint density at radius 2 is 2.16 bits per heavy atom. The number of fused-ring (bicyclic) bond motifs is 1. The van der Waals surface area contributed by atoms with E-state index in [-0.39, 0.29) is 11.4 Å².